The van der Waals surface area contributed by atoms with Gasteiger partial charge in [0.2, 0.25) is 35.4 Å². The molecule has 1 aromatic carbocycles. The van der Waals surface area contributed by atoms with Crippen LogP contribution in [-0.2, 0) is 121 Å². The molecule has 19 atom stereocenters. The topological polar surface area (TPSA) is 559 Å². The molecule has 1 heterocycles. The number of carbonyl (C=O) groups excluding carboxylic acids is 11. The van der Waals surface area contributed by atoms with Gasteiger partial charge in [-0.1, -0.05) is 136 Å². The summed E-state index contributed by atoms with van der Waals surface area (Å²) in [5.74, 6) is -5.36. The number of carbonyl (C=O) groups is 12. The molecule has 0 saturated heterocycles. The molecule has 42 nitrogen and oxygen atoms in total. The van der Waals surface area contributed by atoms with E-state index in [1.807, 2.05) is 137 Å². The van der Waals surface area contributed by atoms with Crippen LogP contribution in [0.1, 0.15) is 185 Å². The van der Waals surface area contributed by atoms with Gasteiger partial charge in [0.25, 0.3) is 0 Å². The lowest BCUT2D eigenvalue weighted by molar-refractivity contribution is -0.194. The van der Waals surface area contributed by atoms with E-state index in [9.17, 15) is 62.6 Å². The number of nitrogens with zero attached hydrogens (tertiary/aromatic N) is 3. The number of aromatic nitrogens is 1. The quantitative estimate of drug-likeness (QED) is 0.0121. The van der Waals surface area contributed by atoms with Crippen LogP contribution in [0, 0.1) is 35.5 Å². The minimum Gasteiger partial charge on any atom is -0.481 e. The number of aliphatic hydroxyl groups is 5. The van der Waals surface area contributed by atoms with Gasteiger partial charge >= 0.3 is 30.1 Å². The molecule has 13 N–H and O–H groups in total. The Balaban J connectivity index is 0.00000257. The van der Waals surface area contributed by atoms with E-state index in [-0.39, 0.29) is 196 Å². The maximum atomic E-state index is 14.6. The molecule has 1 aliphatic carbocycles. The smallest absolute Gasteiger partial charge is 0.407 e. The molecule has 800 valence electrons. The van der Waals surface area contributed by atoms with Gasteiger partial charge in [0.15, 0.2) is 25.2 Å². The Hall–Kier alpha value is -8.13. The summed E-state index contributed by atoms with van der Waals surface area (Å²) in [6.45, 7) is 22.0. The zero-order valence-corrected chi connectivity index (χ0v) is 87.1. The lowest BCUT2D eigenvalue weighted by atomic mass is 9.79. The summed E-state index contributed by atoms with van der Waals surface area (Å²) in [4.78, 5) is 161. The maximum Gasteiger partial charge on any atom is 0.407 e. The summed E-state index contributed by atoms with van der Waals surface area (Å²) in [5.41, 5.74) is 0.810. The number of aliphatic hydroxyl groups excluding tert-OH is 5. The van der Waals surface area contributed by atoms with Gasteiger partial charge < -0.3 is 139 Å². The second-order valence-electron chi connectivity index (χ2n) is 33.8. The molecule has 0 bridgehead atoms. The molecule has 44 heteroatoms. The Kier molecular flexibility index (Phi) is 73.8. The van der Waals surface area contributed by atoms with Gasteiger partial charge in [-0.05, 0) is 125 Å². The van der Waals surface area contributed by atoms with Crippen molar-refractivity contribution in [2.45, 2.75) is 283 Å². The first-order valence-corrected chi connectivity index (χ1v) is 50.0. The third-order valence-electron chi connectivity index (χ3n) is 22.5. The first-order chi connectivity index (χ1) is 66.3. The summed E-state index contributed by atoms with van der Waals surface area (Å²) in [6, 6.07) is 11.3. The molecule has 8 amide bonds. The number of ketones is 1. The molecule has 1 aromatic heterocycles. The second kappa shape index (κ2) is 78.4. The van der Waals surface area contributed by atoms with Crippen molar-refractivity contribution in [1.29, 1.82) is 0 Å². The minimum absolute atomic E-state index is 0.00955. The Bertz CT molecular complexity index is 3660. The highest BCUT2D eigenvalue weighted by Gasteiger charge is 2.46. The highest BCUT2D eigenvalue weighted by Crippen LogP contribution is 2.40. The van der Waals surface area contributed by atoms with Gasteiger partial charge in [0, 0.05) is 126 Å². The minimum atomic E-state index is -1.01. The largest absolute Gasteiger partial charge is 0.481 e. The molecule has 0 spiro atoms. The van der Waals surface area contributed by atoms with Crippen LogP contribution < -0.4 is 37.2 Å². The second-order valence-corrected chi connectivity index (χ2v) is 36.3. The Morgan fingerprint density at radius 1 is 0.511 bits per heavy atom. The van der Waals surface area contributed by atoms with Crippen molar-refractivity contribution in [3.05, 3.63) is 60.3 Å². The fourth-order valence-electron chi connectivity index (χ4n) is 14.3. The van der Waals surface area contributed by atoms with E-state index >= 15 is 0 Å². The average Bonchev–Trinajstić information content (AvgIpc) is 1.75. The Labute approximate surface area is 829 Å². The highest BCUT2D eigenvalue weighted by atomic mass is 33.1. The molecular weight excluding hydrogens is 1860 g/mol. The number of pyridine rings is 1. The number of hydrogen-bond acceptors (Lipinski definition) is 35. The maximum absolute atomic E-state index is 14.6. The Morgan fingerprint density at radius 3 is 1.51 bits per heavy atom. The predicted molar refractivity (Wildman–Crippen MR) is 520 cm³/mol. The summed E-state index contributed by atoms with van der Waals surface area (Å²) < 4.78 is 73.8. The number of likely N-dealkylation sites (N-methyl/N-ethyl adjacent to an activating group) is 2. The molecular formula is C95H166N10O32S2. The summed E-state index contributed by atoms with van der Waals surface area (Å²) in [6.07, 6.45) is 0.125. The first kappa shape index (κ1) is 131. The van der Waals surface area contributed by atoms with Crippen LogP contribution in [0.15, 0.2) is 59.8 Å². The number of Topliss-reactive ketones (excluding diaryl/α,β-unsaturated/α-hetero) is 1. The number of nitrogens with one attached hydrogen (secondary N) is 7. The third-order valence-corrected chi connectivity index (χ3v) is 24.8. The summed E-state index contributed by atoms with van der Waals surface area (Å²) in [5, 5.41) is 73.0. The van der Waals surface area contributed by atoms with E-state index in [2.05, 4.69) is 42.2 Å². The van der Waals surface area contributed by atoms with Crippen molar-refractivity contribution in [2.75, 3.05) is 155 Å². The number of methoxy groups -OCH3 is 6. The lowest BCUT2D eigenvalue weighted by Gasteiger charge is -2.40. The summed E-state index contributed by atoms with van der Waals surface area (Å²) in [7, 11) is 17.3. The lowest BCUT2D eigenvalue weighted by Crippen LogP contribution is -2.59. The van der Waals surface area contributed by atoms with Crippen molar-refractivity contribution < 1.29 is 154 Å². The number of carboxylic acid groups (broad SMARTS) is 1. The number of benzene rings is 1. The number of aliphatic carboxylic acids is 1. The van der Waals surface area contributed by atoms with Gasteiger partial charge in [-0.25, -0.2) is 19.4 Å². The SMILES string of the molecule is CCC(CO)OC(CO)OC.CCC(CO)OC(COC(=O)CCCC(=O)NC(C)C(=O)OCCCNC(=O)[C@H](Cc1ccccc1)NC(=O)[C@H](C)[C@@H](OC)[C@@H]1CCCC1C(=O)C[C@@H](OC)[C@H]([C@@H](C)CC)N(C)C(=O)[C@@H](NC(=O)[C@H](C(C)C)N(C)C)C(C)C)OC.CCC(CO)OC(COC(=O)NCCC(=O)NCCSSc1ccccn1)OC.CCC(CO)OC(COC(=O)NCCC(=O)O)OC. The molecule has 0 radical (unpaired) electrons. The molecule has 3 rings (SSSR count). The van der Waals surface area contributed by atoms with Gasteiger partial charge in [-0.2, -0.15) is 0 Å². The fraction of sp³-hybridized carbons (Fsp3) is 0.758. The molecule has 1 saturated carbocycles. The molecule has 139 heavy (non-hydrogen) atoms. The van der Waals surface area contributed by atoms with Crippen LogP contribution in [0.2, 0.25) is 0 Å². The number of ether oxygens (including phenoxy) is 14. The molecule has 2 aromatic rings. The van der Waals surface area contributed by atoms with E-state index in [1.165, 1.54) is 42.5 Å². The van der Waals surface area contributed by atoms with Crippen LogP contribution in [0.3, 0.4) is 0 Å². The molecule has 10 unspecified atom stereocenters. The normalized spacial score (nSPS) is 16.5. The number of hydrogen-bond donors (Lipinski definition) is 13. The van der Waals surface area contributed by atoms with E-state index in [1.54, 1.807) is 53.8 Å². The van der Waals surface area contributed by atoms with Crippen molar-refractivity contribution in [3.63, 3.8) is 0 Å². The van der Waals surface area contributed by atoms with E-state index in [0.717, 1.165) is 22.8 Å². The molecule has 1 fully saturated rings. The van der Waals surface area contributed by atoms with E-state index in [0.29, 0.717) is 51.5 Å². The Morgan fingerprint density at radius 2 is 1.04 bits per heavy atom. The van der Waals surface area contributed by atoms with Crippen molar-refractivity contribution in [1.82, 2.24) is 52.0 Å². The van der Waals surface area contributed by atoms with Crippen molar-refractivity contribution in [3.8, 4) is 0 Å². The van der Waals surface area contributed by atoms with Gasteiger partial charge in [-0.15, -0.1) is 0 Å². The van der Waals surface area contributed by atoms with Crippen LogP contribution >= 0.6 is 21.6 Å². The zero-order chi connectivity index (χ0) is 105. The van der Waals surface area contributed by atoms with Gasteiger partial charge in [-0.3, -0.25) is 48.1 Å². The number of esters is 2. The molecule has 1 aliphatic rings. The third kappa shape index (κ3) is 55.9. The van der Waals surface area contributed by atoms with Crippen LogP contribution in [0.25, 0.3) is 0 Å². The van der Waals surface area contributed by atoms with Crippen LogP contribution in [0.4, 0.5) is 9.59 Å². The fourth-order valence-corrected chi connectivity index (χ4v) is 16.1. The van der Waals surface area contributed by atoms with Crippen molar-refractivity contribution in [2.24, 2.45) is 35.5 Å². The van der Waals surface area contributed by atoms with Crippen molar-refractivity contribution >= 4 is 92.9 Å². The monoisotopic (exact) mass is 2020 g/mol. The average molecular weight is 2020 g/mol. The predicted octanol–water partition coefficient (Wildman–Crippen LogP) is 5.88. The van der Waals surface area contributed by atoms with E-state index < -0.39 is 133 Å². The van der Waals surface area contributed by atoms with Crippen LogP contribution in [0.5, 0.6) is 0 Å². The number of carboxylic acids is 1. The van der Waals surface area contributed by atoms with Gasteiger partial charge in [0.05, 0.1) is 101 Å². The summed E-state index contributed by atoms with van der Waals surface area (Å²) >= 11 is 0. The van der Waals surface area contributed by atoms with Gasteiger partial charge in [0.1, 0.15) is 48.8 Å². The number of rotatable bonds is 70. The zero-order valence-electron chi connectivity index (χ0n) is 85.5. The highest BCUT2D eigenvalue weighted by molar-refractivity contribution is 8.76. The number of alkyl carbamates (subject to hydrolysis) is 2. The standard InChI is InChI=1S/C59H100N6O15.C18H29N3O6S2.C11H21NO7.C7H16O4/c1-16-38(7)53(65(12)58(73)51(36(3)4)63-57(72)52(37(5)6)64(10)11)47(75-13)33-46(67)43-26-21-27-44(43)54(77-15)39(8)55(70)62-45(32-41-24-19-18-20-25-41)56(71)60-30-23-31-78-59(74)40(9)61-48(68)28-22-29-49(69)79-35-50(76-14)80-42(17-2)34-66;1-3-14(12-22)27-17(25-2)13-26-18(24)21-9-7-15(23)19-10-11-28-29-16-6-4-5-8-20-16;1-3-8(6-13)19-10(17-2)7-18-11(16)12-5-4-9(14)15;1-3-6(4-8)11-7(5-9)10-2/h18-20,24-25,36-40,42-45,47,50-54,66H,16-17,21-23,26-35H2,1-15H3,(H,60,71)(H,61,68)(H,62,70)(H,63,72);4-6,8,14,17,22H,3,7,9-13H2,1-2H3,(H,19,23)(H,21,24);8,10,13H,3-7H2,1-2H3,(H,12,16)(H,14,15);6-9H,3-5H2,1-2H3/t38-,39+,40?,42?,43?,44+,45-,47+,50?,51-,52-,53-,54+;;;/m0.../s1. The molecule has 0 aliphatic heterocycles. The van der Waals surface area contributed by atoms with Crippen LogP contribution in [-0.4, -0.2) is 364 Å². The van der Waals surface area contributed by atoms with E-state index in [4.69, 9.17) is 91.8 Å². The first-order valence-electron chi connectivity index (χ1n) is 47.6. The number of amides is 8.